The van der Waals surface area contributed by atoms with Gasteiger partial charge in [0.15, 0.2) is 5.82 Å². The molecule has 0 saturated carbocycles. The molecule has 3 aromatic heterocycles. The summed E-state index contributed by atoms with van der Waals surface area (Å²) in [6.07, 6.45) is 0.0535. The number of hydrogen-bond acceptors (Lipinski definition) is 7. The number of fused-ring (bicyclic) bond motifs is 1. The van der Waals surface area contributed by atoms with Crippen LogP contribution in [0.15, 0.2) is 30.7 Å². The molecular weight excluding hydrogens is 503 g/mol. The molecule has 36 heavy (non-hydrogen) atoms. The van der Waals surface area contributed by atoms with Gasteiger partial charge in [-0.3, -0.25) is 4.79 Å². The molecule has 1 aliphatic rings. The normalized spacial score (nSPS) is 16.3. The number of ether oxygens (including phenoxy) is 1. The Balaban J connectivity index is 1.63. The number of pyridine rings is 1. The molecule has 0 radical (unpaired) electrons. The Hall–Kier alpha value is -3.61. The maximum absolute atomic E-state index is 12.8. The molecule has 1 fully saturated rings. The Kier molecular flexibility index (Phi) is 7.48. The number of H-pyrrole nitrogens is 1. The summed E-state index contributed by atoms with van der Waals surface area (Å²) in [6, 6.07) is 2.13. The highest BCUT2D eigenvalue weighted by Gasteiger charge is 2.37. The van der Waals surface area contributed by atoms with Crippen molar-refractivity contribution in [3.63, 3.8) is 0 Å². The lowest BCUT2D eigenvalue weighted by molar-refractivity contribution is -0.139. The van der Waals surface area contributed by atoms with E-state index >= 15 is 0 Å². The number of anilines is 1. The van der Waals surface area contributed by atoms with Gasteiger partial charge in [-0.1, -0.05) is 18.5 Å². The van der Waals surface area contributed by atoms with Crippen LogP contribution in [0.3, 0.4) is 0 Å². The van der Waals surface area contributed by atoms with Crippen LogP contribution < -0.4 is 10.2 Å². The van der Waals surface area contributed by atoms with Crippen molar-refractivity contribution in [2.75, 3.05) is 37.7 Å². The SMILES string of the molecule is CCCOC(=O)N1CCN(c2ccnc(-c3c[nH]c4ncc(Cl)cc34)n2)[C@H](C(=O)NCC(F)(F)F)C1. The van der Waals surface area contributed by atoms with Crippen LogP contribution in [0.25, 0.3) is 22.4 Å². The van der Waals surface area contributed by atoms with Gasteiger partial charge in [0.1, 0.15) is 24.1 Å². The molecule has 14 heteroatoms. The topological polar surface area (TPSA) is 116 Å². The fourth-order valence-corrected chi connectivity index (χ4v) is 3.99. The van der Waals surface area contributed by atoms with Gasteiger partial charge in [-0.2, -0.15) is 13.2 Å². The van der Waals surface area contributed by atoms with Gasteiger partial charge in [0, 0.05) is 42.6 Å². The van der Waals surface area contributed by atoms with Gasteiger partial charge in [-0.05, 0) is 18.6 Å². The number of aromatic nitrogens is 4. The van der Waals surface area contributed by atoms with Crippen LogP contribution in [0.5, 0.6) is 0 Å². The number of carbonyl (C=O) groups excluding carboxylic acids is 2. The van der Waals surface area contributed by atoms with Crippen molar-refractivity contribution in [2.45, 2.75) is 25.6 Å². The van der Waals surface area contributed by atoms with Crippen molar-refractivity contribution in [1.29, 1.82) is 0 Å². The van der Waals surface area contributed by atoms with E-state index in [0.717, 1.165) is 0 Å². The second kappa shape index (κ2) is 10.6. The van der Waals surface area contributed by atoms with Crippen molar-refractivity contribution in [3.8, 4) is 11.4 Å². The van der Waals surface area contributed by atoms with Crippen LogP contribution in [0, 0.1) is 0 Å². The van der Waals surface area contributed by atoms with Crippen molar-refractivity contribution in [2.24, 2.45) is 0 Å². The minimum atomic E-state index is -4.58. The number of alkyl halides is 3. The number of amides is 2. The molecule has 2 amide bonds. The van der Waals surface area contributed by atoms with Crippen LogP contribution in [0.4, 0.5) is 23.8 Å². The quantitative estimate of drug-likeness (QED) is 0.506. The third-order valence-corrected chi connectivity index (χ3v) is 5.71. The van der Waals surface area contributed by atoms with Crippen molar-refractivity contribution in [3.05, 3.63) is 35.7 Å². The minimum absolute atomic E-state index is 0.142. The number of halogens is 4. The van der Waals surface area contributed by atoms with Gasteiger partial charge in [-0.25, -0.2) is 19.7 Å². The van der Waals surface area contributed by atoms with E-state index in [1.165, 1.54) is 17.3 Å². The maximum Gasteiger partial charge on any atom is 0.409 e. The number of piperazine rings is 1. The highest BCUT2D eigenvalue weighted by molar-refractivity contribution is 6.31. The molecule has 192 valence electrons. The molecule has 1 saturated heterocycles. The largest absolute Gasteiger partial charge is 0.449 e. The summed E-state index contributed by atoms with van der Waals surface area (Å²) in [6.45, 7) is 0.707. The second-order valence-electron chi connectivity index (χ2n) is 8.09. The predicted molar refractivity (Wildman–Crippen MR) is 126 cm³/mol. The molecule has 4 rings (SSSR count). The Bertz CT molecular complexity index is 1250. The first kappa shape index (κ1) is 25.5. The predicted octanol–water partition coefficient (Wildman–Crippen LogP) is 3.39. The number of nitrogens with one attached hydrogen (secondary N) is 2. The third-order valence-electron chi connectivity index (χ3n) is 5.51. The first-order valence-corrected chi connectivity index (χ1v) is 11.5. The fraction of sp³-hybridized carbons (Fsp3) is 0.409. The summed E-state index contributed by atoms with van der Waals surface area (Å²) in [4.78, 5) is 44.2. The summed E-state index contributed by atoms with van der Waals surface area (Å²) in [7, 11) is 0. The molecule has 4 heterocycles. The fourth-order valence-electron chi connectivity index (χ4n) is 3.83. The van der Waals surface area contributed by atoms with Gasteiger partial charge in [0.2, 0.25) is 5.91 Å². The number of rotatable bonds is 6. The van der Waals surface area contributed by atoms with Gasteiger partial charge >= 0.3 is 12.3 Å². The highest BCUT2D eigenvalue weighted by atomic mass is 35.5. The molecule has 0 unspecified atom stereocenters. The molecule has 0 aromatic carbocycles. The monoisotopic (exact) mass is 525 g/mol. The van der Waals surface area contributed by atoms with E-state index in [-0.39, 0.29) is 26.2 Å². The van der Waals surface area contributed by atoms with E-state index in [2.05, 4.69) is 19.9 Å². The van der Waals surface area contributed by atoms with Gasteiger partial charge < -0.3 is 24.8 Å². The second-order valence-corrected chi connectivity index (χ2v) is 8.53. The zero-order chi connectivity index (χ0) is 25.9. The molecule has 10 nitrogen and oxygen atoms in total. The van der Waals surface area contributed by atoms with Crippen molar-refractivity contribution in [1.82, 2.24) is 30.2 Å². The van der Waals surface area contributed by atoms with E-state index in [1.54, 1.807) is 23.2 Å². The van der Waals surface area contributed by atoms with E-state index in [4.69, 9.17) is 16.3 Å². The summed E-state index contributed by atoms with van der Waals surface area (Å²) in [5.74, 6) is -0.260. The smallest absolute Gasteiger partial charge is 0.409 e. The molecule has 1 atom stereocenters. The highest BCUT2D eigenvalue weighted by Crippen LogP contribution is 2.29. The molecule has 0 spiro atoms. The lowest BCUT2D eigenvalue weighted by Gasteiger charge is -2.40. The van der Waals surface area contributed by atoms with Gasteiger partial charge in [0.25, 0.3) is 0 Å². The number of carbonyl (C=O) groups is 2. The Labute approximate surface area is 208 Å². The molecule has 3 aromatic rings. The molecular formula is C22H23ClF3N7O3. The summed E-state index contributed by atoms with van der Waals surface area (Å²) < 4.78 is 43.4. The van der Waals surface area contributed by atoms with E-state index < -0.39 is 30.8 Å². The van der Waals surface area contributed by atoms with E-state index in [9.17, 15) is 22.8 Å². The summed E-state index contributed by atoms with van der Waals surface area (Å²) in [5.41, 5.74) is 1.19. The lowest BCUT2D eigenvalue weighted by Crippen LogP contribution is -2.61. The average molecular weight is 526 g/mol. The van der Waals surface area contributed by atoms with Crippen molar-refractivity contribution >= 4 is 40.5 Å². The van der Waals surface area contributed by atoms with Crippen LogP contribution in [-0.4, -0.2) is 81.8 Å². The molecule has 2 N–H and O–H groups in total. The first-order valence-electron chi connectivity index (χ1n) is 11.1. The zero-order valence-electron chi connectivity index (χ0n) is 19.2. The number of nitrogens with zero attached hydrogens (tertiary/aromatic N) is 5. The number of hydrogen-bond donors (Lipinski definition) is 2. The van der Waals surface area contributed by atoms with E-state index in [1.807, 2.05) is 12.2 Å². The van der Waals surface area contributed by atoms with Crippen molar-refractivity contribution < 1.29 is 27.5 Å². The lowest BCUT2D eigenvalue weighted by atomic mass is 10.1. The standard InChI is InChI=1S/C22H23ClF3N7O3/c1-2-7-36-21(35)32-5-6-33(16(11-32)20(34)30-12-22(24,25)26)17-3-4-27-19(31-17)15-10-29-18-14(15)8-13(23)9-28-18/h3-4,8-10,16H,2,5-7,11-12H2,1H3,(H,28,29)(H,30,34)/t16-/m0/s1. The first-order chi connectivity index (χ1) is 17.2. The van der Waals surface area contributed by atoms with Crippen LogP contribution in [-0.2, 0) is 9.53 Å². The Morgan fingerprint density at radius 2 is 2.11 bits per heavy atom. The molecule has 0 aliphatic carbocycles. The van der Waals surface area contributed by atoms with E-state index in [0.29, 0.717) is 39.7 Å². The maximum atomic E-state index is 12.8. The van der Waals surface area contributed by atoms with Crippen LogP contribution in [0.2, 0.25) is 5.02 Å². The van der Waals surface area contributed by atoms with Gasteiger partial charge in [0.05, 0.1) is 18.2 Å². The zero-order valence-corrected chi connectivity index (χ0v) is 19.9. The average Bonchev–Trinajstić information content (AvgIpc) is 3.28. The minimum Gasteiger partial charge on any atom is -0.449 e. The van der Waals surface area contributed by atoms with Crippen LogP contribution in [0.1, 0.15) is 13.3 Å². The van der Waals surface area contributed by atoms with Gasteiger partial charge in [-0.15, -0.1) is 0 Å². The van der Waals surface area contributed by atoms with Crippen LogP contribution >= 0.6 is 11.6 Å². The summed E-state index contributed by atoms with van der Waals surface area (Å²) >= 11 is 6.08. The molecule has 1 aliphatic heterocycles. The third kappa shape index (κ3) is 5.78. The Morgan fingerprint density at radius 1 is 1.31 bits per heavy atom. The number of aromatic amines is 1. The Morgan fingerprint density at radius 3 is 2.86 bits per heavy atom. The summed E-state index contributed by atoms with van der Waals surface area (Å²) in [5, 5.41) is 3.02. The molecule has 0 bridgehead atoms.